The Morgan fingerprint density at radius 3 is 2.65 bits per heavy atom. The van der Waals surface area contributed by atoms with Crippen LogP contribution in [0.15, 0.2) is 17.5 Å². The maximum absolute atomic E-state index is 12.0. The monoisotopic (exact) mass is 298 g/mol. The molecule has 2 N–H and O–H groups in total. The average molecular weight is 298 g/mol. The third-order valence-corrected chi connectivity index (χ3v) is 3.76. The summed E-state index contributed by atoms with van der Waals surface area (Å²) in [6.07, 6.45) is 0.511. The molecule has 1 rings (SSSR count). The van der Waals surface area contributed by atoms with E-state index in [9.17, 15) is 9.59 Å². The number of amides is 1. The quantitative estimate of drug-likeness (QED) is 0.768. The second kappa shape index (κ2) is 8.01. The number of likely N-dealkylation sites (N-methyl/N-ethyl adjacent to an activating group) is 1. The van der Waals surface area contributed by atoms with Gasteiger partial charge in [-0.2, -0.15) is 0 Å². The highest BCUT2D eigenvalue weighted by atomic mass is 32.1. The largest absolute Gasteiger partial charge is 0.480 e. The van der Waals surface area contributed by atoms with Crippen molar-refractivity contribution in [2.24, 2.45) is 5.92 Å². The molecule has 1 unspecified atom stereocenters. The van der Waals surface area contributed by atoms with Gasteiger partial charge < -0.3 is 10.0 Å². The van der Waals surface area contributed by atoms with Gasteiger partial charge in [-0.25, -0.2) is 0 Å². The van der Waals surface area contributed by atoms with Gasteiger partial charge in [0.05, 0.1) is 13.1 Å². The summed E-state index contributed by atoms with van der Waals surface area (Å²) in [5, 5.41) is 13.9. The highest BCUT2D eigenvalue weighted by Gasteiger charge is 2.20. The van der Waals surface area contributed by atoms with E-state index in [0.29, 0.717) is 13.0 Å². The Morgan fingerprint density at radius 1 is 1.45 bits per heavy atom. The van der Waals surface area contributed by atoms with Crippen molar-refractivity contribution in [3.63, 3.8) is 0 Å². The van der Waals surface area contributed by atoms with Crippen molar-refractivity contribution < 1.29 is 14.7 Å². The highest BCUT2D eigenvalue weighted by molar-refractivity contribution is 7.09. The predicted octanol–water partition coefficient (Wildman–Crippen LogP) is 1.80. The standard InChI is InChI=1S/C14H22N2O3S/c1-10(2)7-12(14(18)19)15-8-13(17)16(3)9-11-5-4-6-20-11/h4-6,10,12,15H,7-9H2,1-3H3,(H,18,19). The van der Waals surface area contributed by atoms with Crippen LogP contribution in [0, 0.1) is 5.92 Å². The number of hydrogen-bond donors (Lipinski definition) is 2. The number of rotatable bonds is 8. The molecule has 0 radical (unpaired) electrons. The minimum absolute atomic E-state index is 0.0472. The summed E-state index contributed by atoms with van der Waals surface area (Å²) < 4.78 is 0. The fraction of sp³-hybridized carbons (Fsp3) is 0.571. The van der Waals surface area contributed by atoms with Gasteiger partial charge in [0.15, 0.2) is 0 Å². The summed E-state index contributed by atoms with van der Waals surface area (Å²) in [5.41, 5.74) is 0. The Balaban J connectivity index is 2.42. The van der Waals surface area contributed by atoms with E-state index in [1.54, 1.807) is 23.3 Å². The molecule has 0 aliphatic rings. The van der Waals surface area contributed by atoms with Gasteiger partial charge >= 0.3 is 5.97 Å². The lowest BCUT2D eigenvalue weighted by atomic mass is 10.0. The lowest BCUT2D eigenvalue weighted by Gasteiger charge is -2.20. The van der Waals surface area contributed by atoms with Gasteiger partial charge in [-0.3, -0.25) is 14.9 Å². The summed E-state index contributed by atoms with van der Waals surface area (Å²) >= 11 is 1.60. The van der Waals surface area contributed by atoms with E-state index in [-0.39, 0.29) is 18.4 Å². The normalized spacial score (nSPS) is 12.4. The van der Waals surface area contributed by atoms with Crippen LogP contribution in [0.5, 0.6) is 0 Å². The number of thiophene rings is 1. The molecule has 20 heavy (non-hydrogen) atoms. The van der Waals surface area contributed by atoms with Gasteiger partial charge in [0.2, 0.25) is 5.91 Å². The van der Waals surface area contributed by atoms with E-state index in [4.69, 9.17) is 5.11 Å². The molecule has 0 bridgehead atoms. The maximum atomic E-state index is 12.0. The molecule has 5 nitrogen and oxygen atoms in total. The average Bonchev–Trinajstić information content (AvgIpc) is 2.85. The number of carboxylic acids is 1. The zero-order chi connectivity index (χ0) is 15.1. The van der Waals surface area contributed by atoms with Crippen LogP contribution >= 0.6 is 11.3 Å². The number of aliphatic carboxylic acids is 1. The van der Waals surface area contributed by atoms with Crippen LogP contribution in [0.4, 0.5) is 0 Å². The van der Waals surface area contributed by atoms with Gasteiger partial charge in [0.1, 0.15) is 6.04 Å². The first-order chi connectivity index (χ1) is 9.40. The first-order valence-electron chi connectivity index (χ1n) is 6.62. The van der Waals surface area contributed by atoms with Gasteiger partial charge in [0.25, 0.3) is 0 Å². The van der Waals surface area contributed by atoms with Gasteiger partial charge in [-0.1, -0.05) is 19.9 Å². The maximum Gasteiger partial charge on any atom is 0.320 e. The molecule has 1 heterocycles. The molecule has 1 aromatic heterocycles. The van der Waals surface area contributed by atoms with E-state index in [1.165, 1.54) is 0 Å². The molecule has 112 valence electrons. The summed E-state index contributed by atoms with van der Waals surface area (Å²) in [7, 11) is 1.72. The highest BCUT2D eigenvalue weighted by Crippen LogP contribution is 2.11. The lowest BCUT2D eigenvalue weighted by molar-refractivity contribution is -0.140. The van der Waals surface area contributed by atoms with Gasteiger partial charge in [-0.05, 0) is 23.8 Å². The number of carboxylic acid groups (broad SMARTS) is 1. The smallest absolute Gasteiger partial charge is 0.320 e. The van der Waals surface area contributed by atoms with Crippen LogP contribution in [0.25, 0.3) is 0 Å². The van der Waals surface area contributed by atoms with Gasteiger partial charge in [-0.15, -0.1) is 11.3 Å². The third-order valence-electron chi connectivity index (χ3n) is 2.90. The van der Waals surface area contributed by atoms with Crippen LogP contribution < -0.4 is 5.32 Å². The molecule has 0 saturated heterocycles. The summed E-state index contributed by atoms with van der Waals surface area (Å²) in [5.74, 6) is -0.747. The minimum Gasteiger partial charge on any atom is -0.480 e. The van der Waals surface area contributed by atoms with Crippen molar-refractivity contribution in [2.45, 2.75) is 32.9 Å². The van der Waals surface area contributed by atoms with Crippen molar-refractivity contribution >= 4 is 23.2 Å². The predicted molar refractivity (Wildman–Crippen MR) is 79.7 cm³/mol. The molecular weight excluding hydrogens is 276 g/mol. The molecule has 0 spiro atoms. The van der Waals surface area contributed by atoms with E-state index in [0.717, 1.165) is 4.88 Å². The SMILES string of the molecule is CC(C)CC(NCC(=O)N(C)Cc1cccs1)C(=O)O. The molecule has 1 aromatic rings. The molecule has 1 atom stereocenters. The van der Waals surface area contributed by atoms with E-state index < -0.39 is 12.0 Å². The van der Waals surface area contributed by atoms with E-state index >= 15 is 0 Å². The van der Waals surface area contributed by atoms with Crippen LogP contribution in [-0.2, 0) is 16.1 Å². The Hall–Kier alpha value is -1.40. The topological polar surface area (TPSA) is 69.6 Å². The van der Waals surface area contributed by atoms with Crippen LogP contribution in [-0.4, -0.2) is 41.5 Å². The number of nitrogens with one attached hydrogen (secondary N) is 1. The molecule has 0 aliphatic heterocycles. The molecule has 0 fully saturated rings. The second-order valence-electron chi connectivity index (χ2n) is 5.23. The van der Waals surface area contributed by atoms with Crippen molar-refractivity contribution in [1.82, 2.24) is 10.2 Å². The zero-order valence-corrected chi connectivity index (χ0v) is 12.9. The Bertz CT molecular complexity index is 432. The molecule has 1 amide bonds. The van der Waals surface area contributed by atoms with Crippen LogP contribution in [0.1, 0.15) is 25.1 Å². The van der Waals surface area contributed by atoms with E-state index in [1.807, 2.05) is 31.4 Å². The summed E-state index contributed by atoms with van der Waals surface area (Å²) in [4.78, 5) is 25.8. The summed E-state index contributed by atoms with van der Waals surface area (Å²) in [6.45, 7) is 4.52. The Labute approximate surface area is 123 Å². The molecule has 6 heteroatoms. The fourth-order valence-corrected chi connectivity index (χ4v) is 2.57. The lowest BCUT2D eigenvalue weighted by Crippen LogP contribution is -2.44. The van der Waals surface area contributed by atoms with Crippen molar-refractivity contribution in [3.8, 4) is 0 Å². The third kappa shape index (κ3) is 5.71. The molecule has 0 aromatic carbocycles. The number of nitrogens with zero attached hydrogens (tertiary/aromatic N) is 1. The molecular formula is C14H22N2O3S. The van der Waals surface area contributed by atoms with Crippen LogP contribution in [0.3, 0.4) is 0 Å². The Kier molecular flexibility index (Phi) is 6.67. The first kappa shape index (κ1) is 16.7. The number of carbonyl (C=O) groups is 2. The molecule has 0 saturated carbocycles. The minimum atomic E-state index is -0.910. The van der Waals surface area contributed by atoms with Crippen molar-refractivity contribution in [2.75, 3.05) is 13.6 Å². The fourth-order valence-electron chi connectivity index (χ4n) is 1.81. The summed E-state index contributed by atoms with van der Waals surface area (Å²) in [6, 6.07) is 3.24. The van der Waals surface area contributed by atoms with E-state index in [2.05, 4.69) is 5.32 Å². The number of carbonyl (C=O) groups excluding carboxylic acids is 1. The van der Waals surface area contributed by atoms with Crippen molar-refractivity contribution in [3.05, 3.63) is 22.4 Å². The number of hydrogen-bond acceptors (Lipinski definition) is 4. The molecule has 0 aliphatic carbocycles. The zero-order valence-electron chi connectivity index (χ0n) is 12.1. The van der Waals surface area contributed by atoms with Gasteiger partial charge in [0, 0.05) is 11.9 Å². The van der Waals surface area contributed by atoms with Crippen molar-refractivity contribution in [1.29, 1.82) is 0 Å². The van der Waals surface area contributed by atoms with Crippen LogP contribution in [0.2, 0.25) is 0 Å². The Morgan fingerprint density at radius 2 is 2.15 bits per heavy atom. The second-order valence-corrected chi connectivity index (χ2v) is 6.26. The first-order valence-corrected chi connectivity index (χ1v) is 7.50.